The van der Waals surface area contributed by atoms with Gasteiger partial charge in [0, 0.05) is 13.1 Å². The highest BCUT2D eigenvalue weighted by Gasteiger charge is 2.25. The van der Waals surface area contributed by atoms with Crippen LogP contribution in [0.15, 0.2) is 0 Å². The molecule has 1 aliphatic rings. The van der Waals surface area contributed by atoms with Crippen LogP contribution >= 0.6 is 0 Å². The molecule has 1 fully saturated rings. The lowest BCUT2D eigenvalue weighted by molar-refractivity contribution is -0.142. The molecule has 0 aromatic rings. The minimum Gasteiger partial charge on any atom is -0.393 e. The first-order chi connectivity index (χ1) is 6.13. The molecule has 2 unspecified atom stereocenters. The minimum absolute atomic E-state index is 0.0262. The van der Waals surface area contributed by atoms with Crippen LogP contribution < -0.4 is 0 Å². The average Bonchev–Trinajstić information content (AvgIpc) is 2.17. The van der Waals surface area contributed by atoms with Gasteiger partial charge in [0.2, 0.25) is 5.91 Å². The maximum atomic E-state index is 11.6. The van der Waals surface area contributed by atoms with Gasteiger partial charge in [-0.2, -0.15) is 0 Å². The lowest BCUT2D eigenvalue weighted by Gasteiger charge is -2.30. The highest BCUT2D eigenvalue weighted by Crippen LogP contribution is 2.09. The normalized spacial score (nSPS) is 22.5. The summed E-state index contributed by atoms with van der Waals surface area (Å²) in [6, 6.07) is 0. The van der Waals surface area contributed by atoms with Crippen LogP contribution in [0.5, 0.6) is 0 Å². The monoisotopic (exact) mass is 187 g/mol. The van der Waals surface area contributed by atoms with Gasteiger partial charge < -0.3 is 14.7 Å². The summed E-state index contributed by atoms with van der Waals surface area (Å²) in [6.07, 6.45) is -0.574. The number of morpholine rings is 1. The van der Waals surface area contributed by atoms with E-state index in [0.29, 0.717) is 26.3 Å². The molecule has 2 atom stereocenters. The van der Waals surface area contributed by atoms with Gasteiger partial charge >= 0.3 is 0 Å². The summed E-state index contributed by atoms with van der Waals surface area (Å²) in [5.74, 6) is -0.281. The molecular formula is C9H17NO3. The largest absolute Gasteiger partial charge is 0.393 e. The van der Waals surface area contributed by atoms with Crippen molar-refractivity contribution in [2.45, 2.75) is 20.0 Å². The van der Waals surface area contributed by atoms with Crippen LogP contribution in [0.1, 0.15) is 13.8 Å². The number of carbonyl (C=O) groups is 1. The fourth-order valence-corrected chi connectivity index (χ4v) is 1.28. The predicted octanol–water partition coefficient (Wildman–Crippen LogP) is -0.138. The van der Waals surface area contributed by atoms with E-state index in [1.807, 2.05) is 0 Å². The van der Waals surface area contributed by atoms with Crippen LogP contribution in [0.3, 0.4) is 0 Å². The maximum Gasteiger partial charge on any atom is 0.228 e. The van der Waals surface area contributed by atoms with Crippen molar-refractivity contribution in [2.75, 3.05) is 26.3 Å². The number of hydrogen-bond donors (Lipinski definition) is 1. The summed E-state index contributed by atoms with van der Waals surface area (Å²) in [4.78, 5) is 13.4. The van der Waals surface area contributed by atoms with E-state index in [2.05, 4.69) is 0 Å². The van der Waals surface area contributed by atoms with Gasteiger partial charge in [-0.1, -0.05) is 6.92 Å². The second-order valence-corrected chi connectivity index (χ2v) is 3.47. The van der Waals surface area contributed by atoms with E-state index in [4.69, 9.17) is 4.74 Å². The van der Waals surface area contributed by atoms with Crippen LogP contribution in [-0.4, -0.2) is 48.3 Å². The van der Waals surface area contributed by atoms with E-state index in [1.54, 1.807) is 18.7 Å². The topological polar surface area (TPSA) is 49.8 Å². The molecular weight excluding hydrogens is 170 g/mol. The summed E-state index contributed by atoms with van der Waals surface area (Å²) in [6.45, 7) is 5.91. The highest BCUT2D eigenvalue weighted by atomic mass is 16.5. The second kappa shape index (κ2) is 4.58. The van der Waals surface area contributed by atoms with Crippen molar-refractivity contribution < 1.29 is 14.6 Å². The van der Waals surface area contributed by atoms with Gasteiger partial charge in [-0.25, -0.2) is 0 Å². The van der Waals surface area contributed by atoms with Crippen LogP contribution in [-0.2, 0) is 9.53 Å². The van der Waals surface area contributed by atoms with E-state index >= 15 is 0 Å². The Bertz CT molecular complexity index is 176. The molecule has 13 heavy (non-hydrogen) atoms. The zero-order valence-electron chi connectivity index (χ0n) is 8.19. The number of ether oxygens (including phenoxy) is 1. The van der Waals surface area contributed by atoms with Gasteiger partial charge in [-0.15, -0.1) is 0 Å². The average molecular weight is 187 g/mol. The van der Waals surface area contributed by atoms with E-state index in [0.717, 1.165) is 0 Å². The molecule has 1 N–H and O–H groups in total. The molecule has 0 radical (unpaired) electrons. The van der Waals surface area contributed by atoms with Crippen molar-refractivity contribution in [3.05, 3.63) is 0 Å². The molecule has 1 amide bonds. The third-order valence-corrected chi connectivity index (χ3v) is 2.44. The summed E-state index contributed by atoms with van der Waals surface area (Å²) in [5, 5.41) is 9.24. The van der Waals surface area contributed by atoms with Crippen molar-refractivity contribution in [1.82, 2.24) is 4.90 Å². The quantitative estimate of drug-likeness (QED) is 0.654. The predicted molar refractivity (Wildman–Crippen MR) is 48.2 cm³/mol. The number of aliphatic hydroxyl groups is 1. The first kappa shape index (κ1) is 10.5. The van der Waals surface area contributed by atoms with Crippen LogP contribution in [0, 0.1) is 5.92 Å². The smallest absolute Gasteiger partial charge is 0.228 e. The van der Waals surface area contributed by atoms with Crippen LogP contribution in [0.2, 0.25) is 0 Å². The van der Waals surface area contributed by atoms with Gasteiger partial charge in [-0.3, -0.25) is 4.79 Å². The van der Waals surface area contributed by atoms with Crippen molar-refractivity contribution >= 4 is 5.91 Å². The van der Waals surface area contributed by atoms with Gasteiger partial charge in [-0.05, 0) is 6.92 Å². The Kier molecular flexibility index (Phi) is 3.69. The Morgan fingerprint density at radius 2 is 1.92 bits per heavy atom. The molecule has 76 valence electrons. The van der Waals surface area contributed by atoms with Crippen LogP contribution in [0.25, 0.3) is 0 Å². The second-order valence-electron chi connectivity index (χ2n) is 3.47. The number of nitrogens with zero attached hydrogens (tertiary/aromatic N) is 1. The summed E-state index contributed by atoms with van der Waals surface area (Å²) in [7, 11) is 0. The van der Waals surface area contributed by atoms with Crippen molar-refractivity contribution in [3.8, 4) is 0 Å². The molecule has 1 aliphatic heterocycles. The number of hydrogen-bond acceptors (Lipinski definition) is 3. The summed E-state index contributed by atoms with van der Waals surface area (Å²) in [5.41, 5.74) is 0. The summed E-state index contributed by atoms with van der Waals surface area (Å²) < 4.78 is 5.13. The summed E-state index contributed by atoms with van der Waals surface area (Å²) >= 11 is 0. The molecule has 4 nitrogen and oxygen atoms in total. The molecule has 0 aromatic heterocycles. The van der Waals surface area contributed by atoms with E-state index in [9.17, 15) is 9.90 Å². The van der Waals surface area contributed by atoms with E-state index in [-0.39, 0.29) is 11.8 Å². The third kappa shape index (κ3) is 2.67. The zero-order chi connectivity index (χ0) is 9.84. The number of amides is 1. The fraction of sp³-hybridized carbons (Fsp3) is 0.889. The third-order valence-electron chi connectivity index (χ3n) is 2.44. The molecule has 1 saturated heterocycles. The van der Waals surface area contributed by atoms with Crippen molar-refractivity contribution in [2.24, 2.45) is 5.92 Å². The van der Waals surface area contributed by atoms with Gasteiger partial charge in [0.1, 0.15) is 0 Å². The number of rotatable bonds is 2. The molecule has 0 aliphatic carbocycles. The molecule has 1 heterocycles. The Hall–Kier alpha value is -0.610. The van der Waals surface area contributed by atoms with E-state index in [1.165, 1.54) is 0 Å². The molecule has 0 spiro atoms. The maximum absolute atomic E-state index is 11.6. The lowest BCUT2D eigenvalue weighted by Crippen LogP contribution is -2.45. The first-order valence-corrected chi connectivity index (χ1v) is 4.67. The lowest BCUT2D eigenvalue weighted by atomic mass is 10.0. The Morgan fingerprint density at radius 3 is 2.38 bits per heavy atom. The first-order valence-electron chi connectivity index (χ1n) is 4.67. The number of aliphatic hydroxyl groups excluding tert-OH is 1. The molecule has 0 aromatic carbocycles. The van der Waals surface area contributed by atoms with Gasteiger partial charge in [0.05, 0.1) is 25.2 Å². The fourth-order valence-electron chi connectivity index (χ4n) is 1.28. The Balaban J connectivity index is 2.45. The highest BCUT2D eigenvalue weighted by molar-refractivity contribution is 5.79. The Labute approximate surface area is 78.5 Å². The van der Waals surface area contributed by atoms with Crippen LogP contribution in [0.4, 0.5) is 0 Å². The minimum atomic E-state index is -0.574. The van der Waals surface area contributed by atoms with Gasteiger partial charge in [0.15, 0.2) is 0 Å². The standard InChI is InChI=1S/C9H17NO3/c1-7(8(2)11)9(12)10-3-5-13-6-4-10/h7-8,11H,3-6H2,1-2H3. The molecule has 0 bridgehead atoms. The SMILES string of the molecule is CC(O)C(C)C(=O)N1CCOCC1. The molecule has 4 heteroatoms. The molecule has 1 rings (SSSR count). The van der Waals surface area contributed by atoms with Crippen molar-refractivity contribution in [3.63, 3.8) is 0 Å². The van der Waals surface area contributed by atoms with E-state index < -0.39 is 6.10 Å². The van der Waals surface area contributed by atoms with Gasteiger partial charge in [0.25, 0.3) is 0 Å². The zero-order valence-corrected chi connectivity index (χ0v) is 8.19. The molecule has 0 saturated carbocycles. The number of carbonyl (C=O) groups excluding carboxylic acids is 1. The van der Waals surface area contributed by atoms with Crippen molar-refractivity contribution in [1.29, 1.82) is 0 Å². The Morgan fingerprint density at radius 1 is 1.38 bits per heavy atom.